The maximum atomic E-state index is 6.53. The molecule has 0 aliphatic carbocycles. The van der Waals surface area contributed by atoms with Crippen molar-refractivity contribution in [1.82, 2.24) is 4.98 Å². The summed E-state index contributed by atoms with van der Waals surface area (Å²) in [5.74, 6) is 0. The van der Waals surface area contributed by atoms with E-state index in [9.17, 15) is 0 Å². The van der Waals surface area contributed by atoms with Crippen LogP contribution in [0.4, 0.5) is 0 Å². The highest BCUT2D eigenvalue weighted by molar-refractivity contribution is 9.10. The topological polar surface area (TPSA) is 38.9 Å². The van der Waals surface area contributed by atoms with Gasteiger partial charge in [0.1, 0.15) is 0 Å². The number of benzene rings is 1. The van der Waals surface area contributed by atoms with E-state index in [-0.39, 0.29) is 5.41 Å². The summed E-state index contributed by atoms with van der Waals surface area (Å²) in [5, 5.41) is 3.24. The average Bonchev–Trinajstić information content (AvgIpc) is 2.76. The fraction of sp³-hybridized carbons (Fsp3) is 0.438. The first-order chi connectivity index (χ1) is 9.20. The Labute approximate surface area is 133 Å². The van der Waals surface area contributed by atoms with Crippen LogP contribution < -0.4 is 5.73 Å². The SMILES string of the molecule is CC(C)(C)c1csc(CC(C)(N)c2ccccc2Br)n1. The molecule has 2 aromatic rings. The number of nitrogens with two attached hydrogens (primary N) is 1. The van der Waals surface area contributed by atoms with Crippen LogP contribution in [-0.2, 0) is 17.4 Å². The van der Waals surface area contributed by atoms with Gasteiger partial charge in [-0.3, -0.25) is 0 Å². The lowest BCUT2D eigenvalue weighted by Gasteiger charge is -2.25. The number of hydrogen-bond acceptors (Lipinski definition) is 3. The molecule has 0 amide bonds. The number of thiazole rings is 1. The third-order valence-corrected chi connectivity index (χ3v) is 4.87. The van der Waals surface area contributed by atoms with E-state index in [1.165, 1.54) is 0 Å². The maximum Gasteiger partial charge on any atom is 0.0950 e. The molecule has 2 rings (SSSR count). The van der Waals surface area contributed by atoms with Gasteiger partial charge in [0.25, 0.3) is 0 Å². The molecule has 0 spiro atoms. The second kappa shape index (κ2) is 5.58. The Morgan fingerprint density at radius 2 is 1.85 bits per heavy atom. The minimum absolute atomic E-state index is 0.0904. The molecule has 1 heterocycles. The van der Waals surface area contributed by atoms with Crippen molar-refractivity contribution >= 4 is 27.3 Å². The van der Waals surface area contributed by atoms with Gasteiger partial charge in [-0.2, -0.15) is 0 Å². The number of rotatable bonds is 3. The van der Waals surface area contributed by atoms with Crippen LogP contribution in [0.1, 0.15) is 44.0 Å². The summed E-state index contributed by atoms with van der Waals surface area (Å²) in [6, 6.07) is 8.13. The monoisotopic (exact) mass is 352 g/mol. The Morgan fingerprint density at radius 1 is 1.20 bits per heavy atom. The highest BCUT2D eigenvalue weighted by atomic mass is 79.9. The van der Waals surface area contributed by atoms with Crippen molar-refractivity contribution < 1.29 is 0 Å². The second-order valence-electron chi connectivity index (χ2n) is 6.45. The minimum atomic E-state index is -0.424. The first-order valence-electron chi connectivity index (χ1n) is 6.69. The van der Waals surface area contributed by atoms with Gasteiger partial charge in [0.05, 0.1) is 10.7 Å². The van der Waals surface area contributed by atoms with Gasteiger partial charge in [0.2, 0.25) is 0 Å². The van der Waals surface area contributed by atoms with Gasteiger partial charge in [-0.15, -0.1) is 11.3 Å². The zero-order valence-electron chi connectivity index (χ0n) is 12.4. The number of aromatic nitrogens is 1. The van der Waals surface area contributed by atoms with Crippen LogP contribution in [-0.4, -0.2) is 4.98 Å². The van der Waals surface area contributed by atoms with Gasteiger partial charge in [-0.1, -0.05) is 54.9 Å². The van der Waals surface area contributed by atoms with E-state index in [0.29, 0.717) is 0 Å². The van der Waals surface area contributed by atoms with E-state index in [0.717, 1.165) is 27.2 Å². The fourth-order valence-corrected chi connectivity index (χ4v) is 4.00. The summed E-state index contributed by atoms with van der Waals surface area (Å²) in [6.07, 6.45) is 0.746. The first-order valence-corrected chi connectivity index (χ1v) is 8.36. The zero-order chi connectivity index (χ0) is 15.0. The van der Waals surface area contributed by atoms with Crippen molar-refractivity contribution in [3.05, 3.63) is 50.4 Å². The van der Waals surface area contributed by atoms with E-state index in [1.807, 2.05) is 18.2 Å². The van der Waals surface area contributed by atoms with E-state index >= 15 is 0 Å². The van der Waals surface area contributed by atoms with Crippen molar-refractivity contribution in [1.29, 1.82) is 0 Å². The number of halogens is 1. The second-order valence-corrected chi connectivity index (χ2v) is 8.25. The van der Waals surface area contributed by atoms with Crippen LogP contribution in [0.3, 0.4) is 0 Å². The molecule has 1 atom stereocenters. The molecule has 1 unspecified atom stereocenters. The zero-order valence-corrected chi connectivity index (χ0v) is 14.8. The highest BCUT2D eigenvalue weighted by Gasteiger charge is 2.26. The lowest BCUT2D eigenvalue weighted by molar-refractivity contribution is 0.484. The van der Waals surface area contributed by atoms with E-state index in [4.69, 9.17) is 10.7 Å². The molecule has 20 heavy (non-hydrogen) atoms. The number of hydrogen-bond donors (Lipinski definition) is 1. The molecule has 0 aliphatic heterocycles. The Balaban J connectivity index is 2.25. The minimum Gasteiger partial charge on any atom is -0.321 e. The van der Waals surface area contributed by atoms with Crippen molar-refractivity contribution in [2.45, 2.75) is 45.1 Å². The third-order valence-electron chi connectivity index (χ3n) is 3.33. The summed E-state index contributed by atoms with van der Waals surface area (Å²) < 4.78 is 1.05. The van der Waals surface area contributed by atoms with Crippen molar-refractivity contribution in [3.8, 4) is 0 Å². The molecule has 1 aromatic carbocycles. The maximum absolute atomic E-state index is 6.53. The van der Waals surface area contributed by atoms with Crippen molar-refractivity contribution in [2.24, 2.45) is 5.73 Å². The summed E-state index contributed by atoms with van der Waals surface area (Å²) in [6.45, 7) is 8.61. The molecule has 108 valence electrons. The van der Waals surface area contributed by atoms with Crippen LogP contribution >= 0.6 is 27.3 Å². The molecule has 4 heteroatoms. The van der Waals surface area contributed by atoms with E-state index in [2.05, 4.69) is 55.1 Å². The quantitative estimate of drug-likeness (QED) is 0.874. The molecule has 2 N–H and O–H groups in total. The molecule has 0 saturated carbocycles. The van der Waals surface area contributed by atoms with Crippen molar-refractivity contribution in [2.75, 3.05) is 0 Å². The third kappa shape index (κ3) is 3.48. The molecule has 2 nitrogen and oxygen atoms in total. The van der Waals surface area contributed by atoms with Crippen molar-refractivity contribution in [3.63, 3.8) is 0 Å². The predicted octanol–water partition coefficient (Wildman–Crippen LogP) is 4.62. The summed E-state index contributed by atoms with van der Waals surface area (Å²) in [4.78, 5) is 4.75. The number of nitrogens with zero attached hydrogens (tertiary/aromatic N) is 1. The molecule has 0 aliphatic rings. The average molecular weight is 353 g/mol. The molecule has 0 bridgehead atoms. The van der Waals surface area contributed by atoms with Gasteiger partial charge in [-0.05, 0) is 18.6 Å². The largest absolute Gasteiger partial charge is 0.321 e. The summed E-state index contributed by atoms with van der Waals surface area (Å²) >= 11 is 5.28. The van der Waals surface area contributed by atoms with Gasteiger partial charge in [0, 0.05) is 27.2 Å². The fourth-order valence-electron chi connectivity index (χ4n) is 2.07. The summed E-state index contributed by atoms with van der Waals surface area (Å²) in [5.41, 5.74) is 8.45. The van der Waals surface area contributed by atoms with Crippen LogP contribution in [0.2, 0.25) is 0 Å². The lowest BCUT2D eigenvalue weighted by Crippen LogP contribution is -2.35. The Bertz CT molecular complexity index is 597. The van der Waals surface area contributed by atoms with Gasteiger partial charge in [0.15, 0.2) is 0 Å². The van der Waals surface area contributed by atoms with Crippen LogP contribution in [0.15, 0.2) is 34.1 Å². The standard InChI is InChI=1S/C16H21BrN2S/c1-15(2,3)13-10-20-14(19-13)9-16(4,18)11-7-5-6-8-12(11)17/h5-8,10H,9,18H2,1-4H3. The summed E-state index contributed by atoms with van der Waals surface area (Å²) in [7, 11) is 0. The molecule has 0 radical (unpaired) electrons. The molecular weight excluding hydrogens is 332 g/mol. The normalized spacial score (nSPS) is 15.1. The molecule has 0 saturated heterocycles. The molecular formula is C16H21BrN2S. The predicted molar refractivity (Wildman–Crippen MR) is 90.2 cm³/mol. The Morgan fingerprint density at radius 3 is 2.40 bits per heavy atom. The van der Waals surface area contributed by atoms with Gasteiger partial charge < -0.3 is 5.73 Å². The Hall–Kier alpha value is -0.710. The lowest BCUT2D eigenvalue weighted by atomic mass is 9.90. The highest BCUT2D eigenvalue weighted by Crippen LogP contribution is 2.31. The van der Waals surface area contributed by atoms with Crippen LogP contribution in [0, 0.1) is 0 Å². The molecule has 0 fully saturated rings. The Kier molecular flexibility index (Phi) is 4.38. The smallest absolute Gasteiger partial charge is 0.0950 e. The van der Waals surface area contributed by atoms with Gasteiger partial charge in [-0.25, -0.2) is 4.98 Å². The van der Waals surface area contributed by atoms with Crippen LogP contribution in [0.5, 0.6) is 0 Å². The van der Waals surface area contributed by atoms with Gasteiger partial charge >= 0.3 is 0 Å². The van der Waals surface area contributed by atoms with Crippen LogP contribution in [0.25, 0.3) is 0 Å². The van der Waals surface area contributed by atoms with E-state index < -0.39 is 5.54 Å². The molecule has 1 aromatic heterocycles. The van der Waals surface area contributed by atoms with E-state index in [1.54, 1.807) is 11.3 Å². The first kappa shape index (κ1) is 15.7.